The minimum absolute atomic E-state index is 0.00382. The summed E-state index contributed by atoms with van der Waals surface area (Å²) in [5.74, 6) is 2.46. The van der Waals surface area contributed by atoms with Crippen molar-refractivity contribution in [3.05, 3.63) is 83.9 Å². The van der Waals surface area contributed by atoms with E-state index in [0.29, 0.717) is 30.4 Å². The second-order valence-electron chi connectivity index (χ2n) is 6.26. The zero-order chi connectivity index (χ0) is 20.3. The minimum atomic E-state index is -0.00382. The number of methoxy groups -OCH3 is 1. The summed E-state index contributed by atoms with van der Waals surface area (Å²) < 4.78 is 11.3. The van der Waals surface area contributed by atoms with E-state index in [-0.39, 0.29) is 5.91 Å². The molecule has 29 heavy (non-hydrogen) atoms. The number of nitrogens with zero attached hydrogens (tertiary/aromatic N) is 2. The molecule has 0 aliphatic rings. The van der Waals surface area contributed by atoms with Crippen LogP contribution in [0.2, 0.25) is 0 Å². The molecule has 6 nitrogen and oxygen atoms in total. The number of hydrogen-bond donors (Lipinski definition) is 1. The number of ether oxygens (including phenoxy) is 2. The number of carbonyl (C=O) groups excluding carboxylic acids is 1. The largest absolute Gasteiger partial charge is 0.493 e. The molecule has 0 fully saturated rings. The van der Waals surface area contributed by atoms with Crippen molar-refractivity contribution in [1.82, 2.24) is 15.3 Å². The van der Waals surface area contributed by atoms with E-state index in [9.17, 15) is 4.79 Å². The van der Waals surface area contributed by atoms with Crippen molar-refractivity contribution in [2.75, 3.05) is 12.9 Å². The highest BCUT2D eigenvalue weighted by atomic mass is 32.2. The quantitative estimate of drug-likeness (QED) is 0.551. The van der Waals surface area contributed by atoms with Crippen molar-refractivity contribution >= 4 is 17.7 Å². The summed E-state index contributed by atoms with van der Waals surface area (Å²) in [5, 5.41) is 2.94. The molecule has 0 unspecified atom stereocenters. The van der Waals surface area contributed by atoms with Crippen LogP contribution in [0.3, 0.4) is 0 Å². The molecule has 1 amide bonds. The Labute approximate surface area is 174 Å². The van der Waals surface area contributed by atoms with Crippen LogP contribution in [0.15, 0.2) is 67.3 Å². The molecule has 150 valence electrons. The van der Waals surface area contributed by atoms with Gasteiger partial charge in [-0.15, -0.1) is 11.8 Å². The lowest BCUT2D eigenvalue weighted by atomic mass is 10.2. The lowest BCUT2D eigenvalue weighted by molar-refractivity contribution is -0.118. The minimum Gasteiger partial charge on any atom is -0.493 e. The molecule has 0 atom stereocenters. The Morgan fingerprint density at radius 2 is 1.86 bits per heavy atom. The van der Waals surface area contributed by atoms with Gasteiger partial charge in [0.05, 0.1) is 12.9 Å². The van der Waals surface area contributed by atoms with Gasteiger partial charge < -0.3 is 14.8 Å². The summed E-state index contributed by atoms with van der Waals surface area (Å²) in [6, 6.07) is 13.4. The number of nitrogens with one attached hydrogen (secondary N) is 1. The second-order valence-corrected chi connectivity index (χ2v) is 7.25. The Hall–Kier alpha value is -3.06. The molecule has 0 saturated heterocycles. The SMILES string of the molecule is COc1cc(CNC(=O)CSCc2cccnc2)ccc1OCc1ccncc1. The third-order valence-electron chi connectivity index (χ3n) is 4.09. The van der Waals surface area contributed by atoms with Gasteiger partial charge in [-0.25, -0.2) is 0 Å². The lowest BCUT2D eigenvalue weighted by Crippen LogP contribution is -2.24. The molecule has 1 aromatic carbocycles. The van der Waals surface area contributed by atoms with Gasteiger partial charge in [-0.1, -0.05) is 12.1 Å². The molecule has 3 rings (SSSR count). The molecular weight excluding hydrogens is 386 g/mol. The molecule has 0 radical (unpaired) electrons. The molecular formula is C22H23N3O3S. The number of thioether (sulfide) groups is 1. The van der Waals surface area contributed by atoms with E-state index in [0.717, 1.165) is 22.4 Å². The van der Waals surface area contributed by atoms with Crippen LogP contribution in [0.5, 0.6) is 11.5 Å². The molecule has 2 aromatic heterocycles. The fraction of sp³-hybridized carbons (Fsp3) is 0.227. The molecule has 2 heterocycles. The van der Waals surface area contributed by atoms with E-state index in [4.69, 9.17) is 9.47 Å². The Morgan fingerprint density at radius 3 is 2.62 bits per heavy atom. The zero-order valence-electron chi connectivity index (χ0n) is 16.2. The number of hydrogen-bond acceptors (Lipinski definition) is 6. The van der Waals surface area contributed by atoms with Crippen molar-refractivity contribution < 1.29 is 14.3 Å². The van der Waals surface area contributed by atoms with Gasteiger partial charge in [-0.2, -0.15) is 0 Å². The highest BCUT2D eigenvalue weighted by Crippen LogP contribution is 2.28. The maximum Gasteiger partial charge on any atom is 0.230 e. The molecule has 1 N–H and O–H groups in total. The summed E-state index contributed by atoms with van der Waals surface area (Å²) in [6.07, 6.45) is 7.02. The van der Waals surface area contributed by atoms with Crippen molar-refractivity contribution in [2.24, 2.45) is 0 Å². The Bertz CT molecular complexity index is 908. The van der Waals surface area contributed by atoms with Crippen LogP contribution in [0, 0.1) is 0 Å². The van der Waals surface area contributed by atoms with Crippen molar-refractivity contribution in [1.29, 1.82) is 0 Å². The van der Waals surface area contributed by atoms with Gasteiger partial charge >= 0.3 is 0 Å². The van der Waals surface area contributed by atoms with Gasteiger partial charge in [0.2, 0.25) is 5.91 Å². The monoisotopic (exact) mass is 409 g/mol. The molecule has 0 aliphatic carbocycles. The van der Waals surface area contributed by atoms with Crippen LogP contribution in [-0.4, -0.2) is 28.7 Å². The first kappa shape index (κ1) is 20.7. The third-order valence-corrected chi connectivity index (χ3v) is 5.09. The van der Waals surface area contributed by atoms with Crippen LogP contribution < -0.4 is 14.8 Å². The standard InChI is InChI=1S/C22H23N3O3S/c1-27-21-11-18(4-5-20(21)28-14-17-6-9-23-10-7-17)13-25-22(26)16-29-15-19-3-2-8-24-12-19/h2-12H,13-16H2,1H3,(H,25,26). The van der Waals surface area contributed by atoms with Gasteiger partial charge in [-0.05, 0) is 47.0 Å². The number of benzene rings is 1. The van der Waals surface area contributed by atoms with Crippen molar-refractivity contribution in [3.63, 3.8) is 0 Å². The summed E-state index contributed by atoms with van der Waals surface area (Å²) in [4.78, 5) is 20.1. The first-order chi connectivity index (χ1) is 14.2. The molecule has 0 bridgehead atoms. The number of aromatic nitrogens is 2. The highest BCUT2D eigenvalue weighted by molar-refractivity contribution is 7.99. The van der Waals surface area contributed by atoms with E-state index in [1.54, 1.807) is 37.5 Å². The number of rotatable bonds is 10. The second kappa shape index (κ2) is 11.1. The van der Waals surface area contributed by atoms with E-state index < -0.39 is 0 Å². The normalized spacial score (nSPS) is 10.4. The highest BCUT2D eigenvalue weighted by Gasteiger charge is 2.08. The van der Waals surface area contributed by atoms with Gasteiger partial charge in [0.25, 0.3) is 0 Å². The first-order valence-electron chi connectivity index (χ1n) is 9.16. The topological polar surface area (TPSA) is 73.3 Å². The summed E-state index contributed by atoms with van der Waals surface area (Å²) in [6.45, 7) is 0.871. The van der Waals surface area contributed by atoms with Crippen LogP contribution >= 0.6 is 11.8 Å². The maximum absolute atomic E-state index is 12.1. The average molecular weight is 410 g/mol. The molecule has 0 saturated carbocycles. The van der Waals surface area contributed by atoms with Crippen LogP contribution in [0.1, 0.15) is 16.7 Å². The summed E-state index contributed by atoms with van der Waals surface area (Å²) >= 11 is 1.56. The summed E-state index contributed by atoms with van der Waals surface area (Å²) in [5.41, 5.74) is 3.09. The van der Waals surface area contributed by atoms with E-state index >= 15 is 0 Å². The molecule has 7 heteroatoms. The fourth-order valence-electron chi connectivity index (χ4n) is 2.58. The predicted molar refractivity (Wildman–Crippen MR) is 114 cm³/mol. The van der Waals surface area contributed by atoms with Gasteiger partial charge in [0, 0.05) is 37.1 Å². The lowest BCUT2D eigenvalue weighted by Gasteiger charge is -2.13. The smallest absolute Gasteiger partial charge is 0.230 e. The van der Waals surface area contributed by atoms with Gasteiger partial charge in [0.1, 0.15) is 6.61 Å². The first-order valence-corrected chi connectivity index (χ1v) is 10.3. The third kappa shape index (κ3) is 6.80. The van der Waals surface area contributed by atoms with Crippen LogP contribution in [0.25, 0.3) is 0 Å². The van der Waals surface area contributed by atoms with Gasteiger partial charge in [0.15, 0.2) is 11.5 Å². The Balaban J connectivity index is 1.46. The Kier molecular flexibility index (Phi) is 7.89. The molecule has 0 spiro atoms. The Morgan fingerprint density at radius 1 is 1.00 bits per heavy atom. The average Bonchev–Trinajstić information content (AvgIpc) is 2.78. The van der Waals surface area contributed by atoms with Gasteiger partial charge in [-0.3, -0.25) is 14.8 Å². The number of amides is 1. The predicted octanol–water partition coefficient (Wildman–Crippen LogP) is 3.61. The van der Waals surface area contributed by atoms with Crippen LogP contribution in [0.4, 0.5) is 0 Å². The van der Waals surface area contributed by atoms with E-state index in [1.807, 2.05) is 48.7 Å². The number of carbonyl (C=O) groups is 1. The number of pyridine rings is 2. The summed E-state index contributed by atoms with van der Waals surface area (Å²) in [7, 11) is 1.60. The van der Waals surface area contributed by atoms with E-state index in [2.05, 4.69) is 15.3 Å². The van der Waals surface area contributed by atoms with E-state index in [1.165, 1.54) is 0 Å². The van der Waals surface area contributed by atoms with Crippen LogP contribution in [-0.2, 0) is 23.7 Å². The van der Waals surface area contributed by atoms with Crippen molar-refractivity contribution in [3.8, 4) is 11.5 Å². The van der Waals surface area contributed by atoms with Crippen molar-refractivity contribution in [2.45, 2.75) is 18.9 Å². The maximum atomic E-state index is 12.1. The molecule has 0 aliphatic heterocycles. The zero-order valence-corrected chi connectivity index (χ0v) is 17.0. The molecule has 3 aromatic rings. The fourth-order valence-corrected chi connectivity index (χ4v) is 3.37.